The molecular weight excluding hydrogens is 433 g/mol. The van der Waals surface area contributed by atoms with Crippen molar-refractivity contribution in [2.45, 2.75) is 65.7 Å². The maximum Gasteiger partial charge on any atom is 0.123 e. The minimum Gasteiger partial charge on any atom is -0.494 e. The second kappa shape index (κ2) is 11.7. The molecule has 0 atom stereocenters. The van der Waals surface area contributed by atoms with Crippen LogP contribution in [0.3, 0.4) is 0 Å². The molecule has 0 aliphatic carbocycles. The van der Waals surface area contributed by atoms with Crippen molar-refractivity contribution in [3.63, 3.8) is 0 Å². The Balaban J connectivity index is 0. The van der Waals surface area contributed by atoms with E-state index in [9.17, 15) is 0 Å². The van der Waals surface area contributed by atoms with Gasteiger partial charge in [-0.05, 0) is 41.6 Å². The maximum absolute atomic E-state index is 5.74. The largest absolute Gasteiger partial charge is 0.494 e. The second-order valence-electron chi connectivity index (χ2n) is 7.21. The Morgan fingerprint density at radius 1 is 0.833 bits per heavy atom. The molecule has 1 rings (SSSR count). The number of halogens is 1. The van der Waals surface area contributed by atoms with E-state index in [0.717, 1.165) is 11.5 Å². The van der Waals surface area contributed by atoms with E-state index < -0.39 is 0 Å². The van der Waals surface area contributed by atoms with Crippen LogP contribution in [0.25, 0.3) is 0 Å². The van der Waals surface area contributed by atoms with E-state index in [1.54, 1.807) is 0 Å². The molecule has 24 heavy (non-hydrogen) atoms. The molecule has 0 radical (unpaired) electrons. The van der Waals surface area contributed by atoms with Gasteiger partial charge in [-0.25, -0.2) is 0 Å². The van der Waals surface area contributed by atoms with Gasteiger partial charge in [0.2, 0.25) is 0 Å². The first-order chi connectivity index (χ1) is 10.6. The molecule has 1 aromatic carbocycles. The Labute approximate surface area is 169 Å². The van der Waals surface area contributed by atoms with E-state index in [0.29, 0.717) is 13.2 Å². The third kappa shape index (κ3) is 8.53. The average molecular weight is 466 g/mol. The van der Waals surface area contributed by atoms with Crippen LogP contribution in [-0.4, -0.2) is 23.5 Å². The van der Waals surface area contributed by atoms with Crippen LogP contribution in [0.1, 0.15) is 55.4 Å². The zero-order valence-corrected chi connectivity index (χ0v) is 19.5. The third-order valence-electron chi connectivity index (χ3n) is 3.09. The minimum absolute atomic E-state index is 0. The molecule has 0 amide bonds. The summed E-state index contributed by atoms with van der Waals surface area (Å²) in [5, 5.41) is 1.84. The van der Waals surface area contributed by atoms with Crippen molar-refractivity contribution in [3.05, 3.63) is 24.6 Å². The number of rotatable bonds is 5. The van der Waals surface area contributed by atoms with Crippen molar-refractivity contribution in [3.8, 4) is 11.5 Å². The van der Waals surface area contributed by atoms with Gasteiger partial charge >= 0.3 is 0 Å². The summed E-state index contributed by atoms with van der Waals surface area (Å²) in [5.41, 5.74) is 0. The molecule has 0 unspecified atom stereocenters. The van der Waals surface area contributed by atoms with Gasteiger partial charge in [0.05, 0.1) is 13.2 Å². The van der Waals surface area contributed by atoms with Crippen LogP contribution in [0.5, 0.6) is 11.5 Å². The van der Waals surface area contributed by atoms with E-state index in [-0.39, 0.29) is 38.7 Å². The van der Waals surface area contributed by atoms with Crippen LogP contribution in [-0.2, 0) is 20.4 Å². The molecule has 0 aromatic heterocycles. The average Bonchev–Trinajstić information content (AvgIpc) is 2.38. The molecule has 0 bridgehead atoms. The SMILES string of the molecule is CCOc1cc(OCC)cc(P(C(C)(C)C)C(C)(C)C)c1.[CH2-]Cl.[Pd]. The second-order valence-corrected chi connectivity index (χ2v) is 11.1. The predicted molar refractivity (Wildman–Crippen MR) is 106 cm³/mol. The van der Waals surface area contributed by atoms with Gasteiger partial charge in [-0.1, -0.05) is 49.5 Å². The van der Waals surface area contributed by atoms with Gasteiger partial charge < -0.3 is 21.1 Å². The normalized spacial score (nSPS) is 11.3. The Kier molecular flexibility index (Phi) is 12.9. The standard InChI is InChI=1S/C18H31O2P.CH2Cl.Pd/c1-9-19-14-11-15(20-10-2)13-16(12-14)21(17(3,4)5)18(6,7)8;1-2;/h11-13H,9-10H2,1-8H3;1H2;/q;-1;. The summed E-state index contributed by atoms with van der Waals surface area (Å²) in [4.78, 5) is 0. The van der Waals surface area contributed by atoms with Crippen LogP contribution in [0.15, 0.2) is 18.2 Å². The Morgan fingerprint density at radius 2 is 1.17 bits per heavy atom. The molecular formula is C19H33ClO2PPd-. The quantitative estimate of drug-likeness (QED) is 0.292. The summed E-state index contributed by atoms with van der Waals surface area (Å²) < 4.78 is 11.5. The Morgan fingerprint density at radius 3 is 1.42 bits per heavy atom. The van der Waals surface area contributed by atoms with Gasteiger partial charge in [0.25, 0.3) is 0 Å². The molecule has 0 saturated carbocycles. The van der Waals surface area contributed by atoms with Crippen molar-refractivity contribution < 1.29 is 29.9 Å². The van der Waals surface area contributed by atoms with Gasteiger partial charge in [0.1, 0.15) is 11.5 Å². The van der Waals surface area contributed by atoms with Crippen molar-refractivity contribution >= 4 is 24.8 Å². The van der Waals surface area contributed by atoms with Crippen LogP contribution < -0.4 is 14.8 Å². The van der Waals surface area contributed by atoms with E-state index >= 15 is 0 Å². The summed E-state index contributed by atoms with van der Waals surface area (Å²) in [5.74, 6) is 1.83. The van der Waals surface area contributed by atoms with Gasteiger partial charge in [0.15, 0.2) is 0 Å². The van der Waals surface area contributed by atoms with Crippen molar-refractivity contribution in [2.24, 2.45) is 0 Å². The Bertz CT molecular complexity index is 429. The van der Waals surface area contributed by atoms with Gasteiger partial charge in [-0.3, -0.25) is 6.38 Å². The summed E-state index contributed by atoms with van der Waals surface area (Å²) in [7, 11) is -0.352. The third-order valence-corrected chi connectivity index (χ3v) is 6.54. The van der Waals surface area contributed by atoms with Gasteiger partial charge in [-0.2, -0.15) is 0 Å². The maximum atomic E-state index is 5.74. The molecule has 0 heterocycles. The van der Waals surface area contributed by atoms with Gasteiger partial charge in [0, 0.05) is 26.5 Å². The molecule has 144 valence electrons. The molecule has 0 spiro atoms. The number of benzene rings is 1. The smallest absolute Gasteiger partial charge is 0.123 e. The Hall–Kier alpha value is 0.202. The molecule has 0 fully saturated rings. The molecule has 0 aliphatic heterocycles. The molecule has 5 heteroatoms. The summed E-state index contributed by atoms with van der Waals surface area (Å²) in [6, 6.07) is 6.40. The number of hydrogen-bond donors (Lipinski definition) is 0. The first-order valence-electron chi connectivity index (χ1n) is 8.07. The van der Waals surface area contributed by atoms with Crippen molar-refractivity contribution in [2.75, 3.05) is 13.2 Å². The fourth-order valence-corrected chi connectivity index (χ4v) is 7.04. The fraction of sp³-hybridized carbons (Fsp3) is 0.632. The zero-order chi connectivity index (χ0) is 18.3. The predicted octanol–water partition coefficient (Wildman–Crippen LogP) is 6.20. The monoisotopic (exact) mass is 465 g/mol. The van der Waals surface area contributed by atoms with Crippen molar-refractivity contribution in [1.29, 1.82) is 0 Å². The van der Waals surface area contributed by atoms with Crippen molar-refractivity contribution in [1.82, 2.24) is 0 Å². The van der Waals surface area contributed by atoms with E-state index in [1.807, 2.05) is 19.9 Å². The fourth-order valence-electron chi connectivity index (χ4n) is 2.97. The van der Waals surface area contributed by atoms with E-state index in [2.05, 4.69) is 71.7 Å². The van der Waals surface area contributed by atoms with Crippen LogP contribution in [0.4, 0.5) is 0 Å². The van der Waals surface area contributed by atoms with E-state index in [4.69, 9.17) is 9.47 Å². The van der Waals surface area contributed by atoms with Gasteiger partial charge in [-0.15, -0.1) is 0 Å². The van der Waals surface area contributed by atoms with Crippen LogP contribution in [0, 0.1) is 6.38 Å². The topological polar surface area (TPSA) is 18.5 Å². The summed E-state index contributed by atoms with van der Waals surface area (Å²) in [6.45, 7) is 19.4. The summed E-state index contributed by atoms with van der Waals surface area (Å²) in [6.07, 6.45) is 2.72. The molecule has 0 saturated heterocycles. The zero-order valence-electron chi connectivity index (χ0n) is 16.3. The summed E-state index contributed by atoms with van der Waals surface area (Å²) >= 11 is 4.39. The first kappa shape index (κ1) is 26.4. The minimum atomic E-state index is -0.352. The number of hydrogen-bond acceptors (Lipinski definition) is 2. The molecule has 0 aliphatic rings. The van der Waals surface area contributed by atoms with Crippen LogP contribution in [0.2, 0.25) is 0 Å². The molecule has 2 nitrogen and oxygen atoms in total. The van der Waals surface area contributed by atoms with Crippen LogP contribution >= 0.6 is 19.5 Å². The van der Waals surface area contributed by atoms with E-state index in [1.165, 1.54) is 5.30 Å². The number of ether oxygens (including phenoxy) is 2. The molecule has 0 N–H and O–H groups in total. The molecule has 1 aromatic rings. The first-order valence-corrected chi connectivity index (χ1v) is 9.95.